The lowest BCUT2D eigenvalue weighted by atomic mass is 9.87. The van der Waals surface area contributed by atoms with E-state index in [1.807, 2.05) is 18.2 Å². The molecule has 0 unspecified atom stereocenters. The van der Waals surface area contributed by atoms with Crippen molar-refractivity contribution in [3.05, 3.63) is 69.0 Å². The zero-order valence-electron chi connectivity index (χ0n) is 18.0. The van der Waals surface area contributed by atoms with Gasteiger partial charge in [-0.05, 0) is 43.1 Å². The van der Waals surface area contributed by atoms with Crippen LogP contribution in [0, 0.1) is 5.92 Å². The highest BCUT2D eigenvalue weighted by Crippen LogP contribution is 2.41. The van der Waals surface area contributed by atoms with Gasteiger partial charge in [-0.3, -0.25) is 14.3 Å². The topological polar surface area (TPSA) is 80.2 Å². The van der Waals surface area contributed by atoms with E-state index in [0.717, 1.165) is 49.5 Å². The fourth-order valence-electron chi connectivity index (χ4n) is 5.17. The van der Waals surface area contributed by atoms with Crippen molar-refractivity contribution in [1.29, 1.82) is 0 Å². The smallest absolute Gasteiger partial charge is 0.328 e. The molecule has 0 aliphatic carbocycles. The van der Waals surface area contributed by atoms with Crippen LogP contribution in [0.4, 0.5) is 0 Å². The third-order valence-electron chi connectivity index (χ3n) is 6.76. The second kappa shape index (κ2) is 8.93. The van der Waals surface area contributed by atoms with Crippen LogP contribution in [0.1, 0.15) is 24.3 Å². The first kappa shape index (κ1) is 22.1. The van der Waals surface area contributed by atoms with Crippen LogP contribution in [0.2, 0.25) is 0 Å². The first-order chi connectivity index (χ1) is 15.7. The summed E-state index contributed by atoms with van der Waals surface area (Å²) in [6, 6.07) is 12.1. The van der Waals surface area contributed by atoms with E-state index >= 15 is 0 Å². The second-order valence-corrected chi connectivity index (χ2v) is 9.78. The van der Waals surface area contributed by atoms with E-state index in [2.05, 4.69) is 33.1 Å². The molecule has 6 rings (SSSR count). The molecule has 9 heteroatoms. The number of hydrogen-bond acceptors (Lipinski definition) is 6. The maximum absolute atomic E-state index is 13.0. The number of aromatic amines is 1. The van der Waals surface area contributed by atoms with Crippen LogP contribution in [-0.2, 0) is 6.54 Å². The van der Waals surface area contributed by atoms with E-state index in [1.54, 1.807) is 6.20 Å². The number of pyridine rings is 1. The number of nitrogens with zero attached hydrogens (tertiary/aromatic N) is 3. The van der Waals surface area contributed by atoms with Crippen LogP contribution in [0.15, 0.2) is 52.2 Å². The highest BCUT2D eigenvalue weighted by molar-refractivity contribution is 7.25. The van der Waals surface area contributed by atoms with Gasteiger partial charge < -0.3 is 14.6 Å². The summed E-state index contributed by atoms with van der Waals surface area (Å²) in [5.41, 5.74) is 2.01. The average molecular weight is 485 g/mol. The number of nitrogens with one attached hydrogen (secondary N) is 1. The van der Waals surface area contributed by atoms with E-state index in [1.165, 1.54) is 21.5 Å². The Labute approximate surface area is 200 Å². The highest BCUT2D eigenvalue weighted by atomic mass is 35.5. The lowest BCUT2D eigenvalue weighted by molar-refractivity contribution is 0.212. The Bertz CT molecular complexity index is 1430. The standard InChI is InChI=1S/C24H24N4O3S.ClH/c29-23-22-21(20-19(32-22)8-5-9-25-20)26-24(30)28(23)11-4-3-10-27-12-15-14-31-18-7-2-1-6-16(18)17(15)13-27;/h1-2,5-9,15,17H,3-4,10-14H2,(H,26,30);1H/t15-,17+;/m1./s1. The zero-order chi connectivity index (χ0) is 21.7. The molecule has 3 aromatic heterocycles. The number of ether oxygens (including phenoxy) is 1. The number of halogens is 1. The van der Waals surface area contributed by atoms with Crippen molar-refractivity contribution in [1.82, 2.24) is 19.4 Å². The van der Waals surface area contributed by atoms with Crippen LogP contribution in [0.25, 0.3) is 20.4 Å². The molecule has 33 heavy (non-hydrogen) atoms. The minimum absolute atomic E-state index is 0. The summed E-state index contributed by atoms with van der Waals surface area (Å²) < 4.78 is 8.77. The molecule has 1 N–H and O–H groups in total. The first-order valence-corrected chi connectivity index (χ1v) is 11.9. The van der Waals surface area contributed by atoms with Crippen molar-refractivity contribution in [2.45, 2.75) is 25.3 Å². The van der Waals surface area contributed by atoms with Crippen molar-refractivity contribution >= 4 is 44.2 Å². The fourth-order valence-corrected chi connectivity index (χ4v) is 6.24. The van der Waals surface area contributed by atoms with Crippen molar-refractivity contribution < 1.29 is 4.74 Å². The van der Waals surface area contributed by atoms with Gasteiger partial charge in [0.15, 0.2) is 0 Å². The molecule has 0 amide bonds. The van der Waals surface area contributed by atoms with Gasteiger partial charge in [0.25, 0.3) is 5.56 Å². The molecule has 2 aliphatic heterocycles. The van der Waals surface area contributed by atoms with Gasteiger partial charge in [0.1, 0.15) is 16.0 Å². The minimum atomic E-state index is -0.353. The molecule has 2 atom stereocenters. The molecule has 5 heterocycles. The predicted molar refractivity (Wildman–Crippen MR) is 133 cm³/mol. The maximum atomic E-state index is 13.0. The number of likely N-dealkylation sites (tertiary alicyclic amines) is 1. The van der Waals surface area contributed by atoms with Gasteiger partial charge in [0.05, 0.1) is 16.8 Å². The minimum Gasteiger partial charge on any atom is -0.493 e. The summed E-state index contributed by atoms with van der Waals surface area (Å²) in [5, 5.41) is 0. The molecular formula is C24H25ClN4O3S. The van der Waals surface area contributed by atoms with Crippen molar-refractivity contribution in [2.75, 3.05) is 26.2 Å². The van der Waals surface area contributed by atoms with Gasteiger partial charge in [-0.15, -0.1) is 23.7 Å². The number of H-pyrrole nitrogens is 1. The van der Waals surface area contributed by atoms with Crippen molar-refractivity contribution in [2.24, 2.45) is 5.92 Å². The summed E-state index contributed by atoms with van der Waals surface area (Å²) in [6.45, 7) is 4.27. The Morgan fingerprint density at radius 3 is 2.85 bits per heavy atom. The highest BCUT2D eigenvalue weighted by Gasteiger charge is 2.38. The molecule has 4 aromatic rings. The van der Waals surface area contributed by atoms with Gasteiger partial charge in [0, 0.05) is 37.7 Å². The maximum Gasteiger partial charge on any atom is 0.328 e. The molecule has 0 saturated carbocycles. The Morgan fingerprint density at radius 1 is 1.09 bits per heavy atom. The monoisotopic (exact) mass is 484 g/mol. The largest absolute Gasteiger partial charge is 0.493 e. The number of thiophene rings is 1. The summed E-state index contributed by atoms with van der Waals surface area (Å²) in [4.78, 5) is 35.2. The molecule has 1 aromatic carbocycles. The molecule has 1 fully saturated rings. The summed E-state index contributed by atoms with van der Waals surface area (Å²) in [7, 11) is 0. The quantitative estimate of drug-likeness (QED) is 0.438. The van der Waals surface area contributed by atoms with Crippen LogP contribution in [0.5, 0.6) is 5.75 Å². The molecule has 0 spiro atoms. The number of benzene rings is 1. The van der Waals surface area contributed by atoms with Crippen molar-refractivity contribution in [3.63, 3.8) is 0 Å². The second-order valence-electron chi connectivity index (χ2n) is 8.73. The van der Waals surface area contributed by atoms with Gasteiger partial charge in [0.2, 0.25) is 0 Å². The average Bonchev–Trinajstić information content (AvgIpc) is 3.40. The van der Waals surface area contributed by atoms with E-state index in [4.69, 9.17) is 4.74 Å². The molecule has 7 nitrogen and oxygen atoms in total. The SMILES string of the molecule is Cl.O=c1[nH]c2c(sc3cccnc32)c(=O)n1CCCCN1C[C@@H]2COc3ccccc3[C@H]2C1. The molecule has 0 bridgehead atoms. The zero-order valence-corrected chi connectivity index (χ0v) is 19.7. The summed E-state index contributed by atoms with van der Waals surface area (Å²) in [6.07, 6.45) is 3.41. The third-order valence-corrected chi connectivity index (χ3v) is 7.89. The molecular weight excluding hydrogens is 460 g/mol. The lowest BCUT2D eigenvalue weighted by Crippen LogP contribution is -2.34. The Kier molecular flexibility index (Phi) is 5.99. The fraction of sp³-hybridized carbons (Fsp3) is 0.375. The lowest BCUT2D eigenvalue weighted by Gasteiger charge is -2.27. The molecule has 2 aliphatic rings. The molecule has 1 saturated heterocycles. The van der Waals surface area contributed by atoms with Gasteiger partial charge in [-0.1, -0.05) is 18.2 Å². The third kappa shape index (κ3) is 3.86. The number of fused-ring (bicyclic) bond motifs is 6. The van der Waals surface area contributed by atoms with Crippen LogP contribution >= 0.6 is 23.7 Å². The van der Waals surface area contributed by atoms with Crippen LogP contribution < -0.4 is 16.0 Å². The Morgan fingerprint density at radius 2 is 1.94 bits per heavy atom. The number of hydrogen-bond donors (Lipinski definition) is 1. The normalized spacial score (nSPS) is 19.8. The van der Waals surface area contributed by atoms with Crippen LogP contribution in [0.3, 0.4) is 0 Å². The van der Waals surface area contributed by atoms with Crippen LogP contribution in [-0.4, -0.2) is 45.7 Å². The number of unbranched alkanes of at least 4 members (excludes halogenated alkanes) is 1. The Hall–Kier alpha value is -2.68. The van der Waals surface area contributed by atoms with Gasteiger partial charge in [-0.2, -0.15) is 0 Å². The van der Waals surface area contributed by atoms with Gasteiger partial charge in [-0.25, -0.2) is 4.79 Å². The number of aromatic nitrogens is 3. The number of para-hydroxylation sites is 1. The molecule has 0 radical (unpaired) electrons. The number of rotatable bonds is 5. The summed E-state index contributed by atoms with van der Waals surface area (Å²) >= 11 is 1.39. The summed E-state index contributed by atoms with van der Waals surface area (Å²) in [5.74, 6) is 2.11. The van der Waals surface area contributed by atoms with Gasteiger partial charge >= 0.3 is 5.69 Å². The Balaban J connectivity index is 0.00000228. The van der Waals surface area contributed by atoms with E-state index in [0.29, 0.717) is 34.1 Å². The van der Waals surface area contributed by atoms with E-state index in [9.17, 15) is 9.59 Å². The molecule has 172 valence electrons. The van der Waals surface area contributed by atoms with Crippen molar-refractivity contribution in [3.8, 4) is 5.75 Å². The predicted octanol–water partition coefficient (Wildman–Crippen LogP) is 3.61. The van der Waals surface area contributed by atoms with E-state index in [-0.39, 0.29) is 23.7 Å². The first-order valence-electron chi connectivity index (χ1n) is 11.1. The van der Waals surface area contributed by atoms with E-state index < -0.39 is 0 Å².